The van der Waals surface area contributed by atoms with Crippen molar-refractivity contribution in [2.24, 2.45) is 17.8 Å². The molecule has 0 aromatic rings. The molecule has 4 atom stereocenters. The number of carboxylic acid groups (broad SMARTS) is 1. The highest BCUT2D eigenvalue weighted by Gasteiger charge is 2.41. The lowest BCUT2D eigenvalue weighted by atomic mass is 9.88. The molecule has 1 rings (SSSR count). The molecule has 0 heterocycles. The maximum atomic E-state index is 14.0. The fourth-order valence-corrected chi connectivity index (χ4v) is 3.59. The number of aliphatic hydroxyl groups excluding tert-OH is 1. The molecular weight excluding hydrogens is 370 g/mol. The van der Waals surface area contributed by atoms with E-state index in [1.165, 1.54) is 6.08 Å². The summed E-state index contributed by atoms with van der Waals surface area (Å²) >= 11 is 0. The Kier molecular flexibility index (Phi) is 9.93. The Labute approximate surface area is 165 Å². The Hall–Kier alpha value is -1.63. The van der Waals surface area contributed by atoms with Gasteiger partial charge in [-0.15, -0.1) is 0 Å². The fraction of sp³-hybridized carbons (Fsp3) is 0.762. The minimum absolute atomic E-state index is 0.0316. The maximum absolute atomic E-state index is 14.0. The summed E-state index contributed by atoms with van der Waals surface area (Å²) in [5.41, 5.74) is 0. The summed E-state index contributed by atoms with van der Waals surface area (Å²) in [6, 6.07) is 0. The average Bonchev–Trinajstić information content (AvgIpc) is 2.87. The molecule has 0 radical (unpaired) electrons. The van der Waals surface area contributed by atoms with Gasteiger partial charge in [-0.2, -0.15) is 8.78 Å². The third kappa shape index (κ3) is 7.78. The molecule has 0 aromatic carbocycles. The number of rotatable bonds is 13. The first-order valence-electron chi connectivity index (χ1n) is 10.1. The van der Waals surface area contributed by atoms with Crippen molar-refractivity contribution in [3.63, 3.8) is 0 Å². The number of alkyl halides is 2. The van der Waals surface area contributed by atoms with Crippen LogP contribution in [0.3, 0.4) is 0 Å². The number of allylic oxidation sites excluding steroid dienone is 1. The summed E-state index contributed by atoms with van der Waals surface area (Å²) in [4.78, 5) is 34.5. The topological polar surface area (TPSA) is 91.7 Å². The Bertz CT molecular complexity index is 573. The van der Waals surface area contributed by atoms with E-state index >= 15 is 0 Å². The molecule has 2 N–H and O–H groups in total. The lowest BCUT2D eigenvalue weighted by molar-refractivity contribution is -0.140. The van der Waals surface area contributed by atoms with Crippen molar-refractivity contribution in [3.05, 3.63) is 12.2 Å². The SMILES string of the molecule is CC[C@H](C)CC(F)(F)C(=O)/C=C/[C@H]1[C@H](O)CC(=O)[C@@H]1CCCCCCC(=O)O. The summed E-state index contributed by atoms with van der Waals surface area (Å²) in [6.45, 7) is 3.45. The number of aliphatic carboxylic acids is 1. The van der Waals surface area contributed by atoms with Gasteiger partial charge < -0.3 is 10.2 Å². The number of carboxylic acids is 1. The van der Waals surface area contributed by atoms with E-state index in [0.29, 0.717) is 25.7 Å². The molecule has 0 amide bonds. The molecule has 0 saturated heterocycles. The molecule has 0 aliphatic heterocycles. The molecule has 0 bridgehead atoms. The summed E-state index contributed by atoms with van der Waals surface area (Å²) in [5.74, 6) is -7.08. The number of unbranched alkanes of at least 4 members (excludes halogenated alkanes) is 3. The van der Waals surface area contributed by atoms with Gasteiger partial charge >= 0.3 is 11.9 Å². The molecule has 1 aliphatic carbocycles. The quantitative estimate of drug-likeness (QED) is 0.356. The van der Waals surface area contributed by atoms with Crippen LogP contribution in [0.2, 0.25) is 0 Å². The molecule has 1 aliphatic rings. The smallest absolute Gasteiger partial charge is 0.309 e. The normalized spacial score (nSPS) is 24.0. The zero-order chi connectivity index (χ0) is 21.3. The largest absolute Gasteiger partial charge is 0.481 e. The van der Waals surface area contributed by atoms with E-state index in [0.717, 1.165) is 18.9 Å². The van der Waals surface area contributed by atoms with Crippen LogP contribution in [0, 0.1) is 17.8 Å². The van der Waals surface area contributed by atoms with Gasteiger partial charge in [0.05, 0.1) is 6.10 Å². The molecule has 5 nitrogen and oxygen atoms in total. The van der Waals surface area contributed by atoms with Crippen LogP contribution < -0.4 is 0 Å². The zero-order valence-electron chi connectivity index (χ0n) is 16.7. The Morgan fingerprint density at radius 2 is 1.89 bits per heavy atom. The van der Waals surface area contributed by atoms with Crippen LogP contribution in [0.4, 0.5) is 8.78 Å². The monoisotopic (exact) mass is 402 g/mol. The number of carbonyl (C=O) groups is 3. The van der Waals surface area contributed by atoms with Crippen molar-refractivity contribution in [1.82, 2.24) is 0 Å². The van der Waals surface area contributed by atoms with Crippen LogP contribution in [-0.4, -0.2) is 39.8 Å². The Balaban J connectivity index is 2.60. The minimum Gasteiger partial charge on any atom is -0.481 e. The number of halogens is 2. The van der Waals surface area contributed by atoms with E-state index in [2.05, 4.69) is 0 Å². The minimum atomic E-state index is -3.45. The first kappa shape index (κ1) is 24.4. The number of Topliss-reactive ketones (excluding diaryl/α,β-unsaturated/α-hetero) is 1. The first-order chi connectivity index (χ1) is 13.1. The second-order valence-electron chi connectivity index (χ2n) is 7.91. The van der Waals surface area contributed by atoms with Crippen molar-refractivity contribution in [2.45, 2.75) is 83.7 Å². The van der Waals surface area contributed by atoms with Gasteiger partial charge in [0.2, 0.25) is 5.78 Å². The summed E-state index contributed by atoms with van der Waals surface area (Å²) < 4.78 is 28.0. The lowest BCUT2D eigenvalue weighted by Crippen LogP contribution is -2.29. The van der Waals surface area contributed by atoms with Crippen LogP contribution in [0.15, 0.2) is 12.2 Å². The second kappa shape index (κ2) is 11.4. The molecule has 1 saturated carbocycles. The van der Waals surface area contributed by atoms with E-state index < -0.39 is 42.0 Å². The molecule has 0 spiro atoms. The number of carbonyl (C=O) groups excluding carboxylic acids is 2. The van der Waals surface area contributed by atoms with Crippen molar-refractivity contribution in [1.29, 1.82) is 0 Å². The van der Waals surface area contributed by atoms with Crippen molar-refractivity contribution < 1.29 is 33.4 Å². The summed E-state index contributed by atoms with van der Waals surface area (Å²) in [5, 5.41) is 18.7. The van der Waals surface area contributed by atoms with Gasteiger partial charge in [-0.3, -0.25) is 14.4 Å². The van der Waals surface area contributed by atoms with Crippen molar-refractivity contribution in [2.75, 3.05) is 0 Å². The average molecular weight is 402 g/mol. The zero-order valence-corrected chi connectivity index (χ0v) is 16.7. The third-order valence-corrected chi connectivity index (χ3v) is 5.52. The van der Waals surface area contributed by atoms with Crippen LogP contribution in [0.1, 0.15) is 71.6 Å². The molecule has 28 heavy (non-hydrogen) atoms. The highest BCUT2D eigenvalue weighted by molar-refractivity contribution is 5.96. The van der Waals surface area contributed by atoms with Crippen LogP contribution >= 0.6 is 0 Å². The van der Waals surface area contributed by atoms with Gasteiger partial charge in [0.1, 0.15) is 5.78 Å². The standard InChI is InChI=1S/C21H32F2O5/c1-3-14(2)13-21(22,23)19(26)11-10-16-15(17(24)12-18(16)25)8-6-4-5-7-9-20(27)28/h10-11,14-16,18,25H,3-9,12-13H2,1-2H3,(H,27,28)/b11-10+/t14-,15+,16+,18+/m0/s1. The van der Waals surface area contributed by atoms with Gasteiger partial charge in [-0.25, -0.2) is 0 Å². The van der Waals surface area contributed by atoms with E-state index in [1.54, 1.807) is 13.8 Å². The van der Waals surface area contributed by atoms with Gasteiger partial charge in [-0.1, -0.05) is 45.6 Å². The van der Waals surface area contributed by atoms with Crippen LogP contribution in [0.25, 0.3) is 0 Å². The third-order valence-electron chi connectivity index (χ3n) is 5.52. The van der Waals surface area contributed by atoms with Crippen molar-refractivity contribution in [3.8, 4) is 0 Å². The van der Waals surface area contributed by atoms with Gasteiger partial charge in [0.15, 0.2) is 0 Å². The van der Waals surface area contributed by atoms with E-state index in [1.807, 2.05) is 0 Å². The van der Waals surface area contributed by atoms with Gasteiger partial charge in [0, 0.05) is 31.1 Å². The highest BCUT2D eigenvalue weighted by atomic mass is 19.3. The summed E-state index contributed by atoms with van der Waals surface area (Å²) in [7, 11) is 0. The van der Waals surface area contributed by atoms with E-state index in [4.69, 9.17) is 5.11 Å². The molecule has 0 unspecified atom stereocenters. The molecule has 0 aromatic heterocycles. The first-order valence-corrected chi connectivity index (χ1v) is 10.1. The summed E-state index contributed by atoms with van der Waals surface area (Å²) in [6.07, 6.45) is 4.50. The highest BCUT2D eigenvalue weighted by Crippen LogP contribution is 2.35. The number of aliphatic hydroxyl groups is 1. The Morgan fingerprint density at radius 3 is 2.50 bits per heavy atom. The van der Waals surface area contributed by atoms with Gasteiger partial charge in [-0.05, 0) is 24.8 Å². The predicted molar refractivity (Wildman–Crippen MR) is 101 cm³/mol. The molecular formula is C21H32F2O5. The molecule has 160 valence electrons. The molecule has 1 fully saturated rings. The lowest BCUT2D eigenvalue weighted by Gasteiger charge is -2.19. The maximum Gasteiger partial charge on any atom is 0.309 e. The molecule has 7 heteroatoms. The second-order valence-corrected chi connectivity index (χ2v) is 7.91. The number of hydrogen-bond acceptors (Lipinski definition) is 4. The Morgan fingerprint density at radius 1 is 1.25 bits per heavy atom. The van der Waals surface area contributed by atoms with E-state index in [9.17, 15) is 28.3 Å². The fourth-order valence-electron chi connectivity index (χ4n) is 3.59. The van der Waals surface area contributed by atoms with Crippen LogP contribution in [-0.2, 0) is 14.4 Å². The van der Waals surface area contributed by atoms with Gasteiger partial charge in [0.25, 0.3) is 0 Å². The number of hydrogen-bond donors (Lipinski definition) is 2. The predicted octanol–water partition coefficient (Wildman–Crippen LogP) is 4.17. The number of ketones is 2. The van der Waals surface area contributed by atoms with Crippen molar-refractivity contribution >= 4 is 17.5 Å². The van der Waals surface area contributed by atoms with E-state index in [-0.39, 0.29) is 24.5 Å². The van der Waals surface area contributed by atoms with Crippen LogP contribution in [0.5, 0.6) is 0 Å².